The van der Waals surface area contributed by atoms with E-state index in [0.717, 1.165) is 12.1 Å². The summed E-state index contributed by atoms with van der Waals surface area (Å²) in [6.45, 7) is 0.661. The summed E-state index contributed by atoms with van der Waals surface area (Å²) in [5, 5.41) is 0. The van der Waals surface area contributed by atoms with Crippen LogP contribution in [0.25, 0.3) is 0 Å². The lowest BCUT2D eigenvalue weighted by Crippen LogP contribution is -2.25. The topological polar surface area (TPSA) is 72.2 Å². The van der Waals surface area contributed by atoms with E-state index in [-0.39, 0.29) is 19.0 Å². The summed E-state index contributed by atoms with van der Waals surface area (Å²) < 4.78 is 51.2. The van der Waals surface area contributed by atoms with Crippen LogP contribution in [0.1, 0.15) is 12.8 Å². The highest BCUT2D eigenvalue weighted by Crippen LogP contribution is 2.13. The molecule has 1 aromatic rings. The molecule has 0 bridgehead atoms. The summed E-state index contributed by atoms with van der Waals surface area (Å²) in [5.41, 5.74) is 5.25. The van der Waals surface area contributed by atoms with Crippen LogP contribution < -0.4 is 10.5 Å². The maximum Gasteiger partial charge on any atom is 0.240 e. The van der Waals surface area contributed by atoms with Crippen LogP contribution in [-0.4, -0.2) is 21.5 Å². The zero-order valence-electron chi connectivity index (χ0n) is 9.53. The molecule has 104 valence electrons. The molecule has 1 aromatic carbocycles. The molecule has 0 fully saturated rings. The van der Waals surface area contributed by atoms with Crippen molar-refractivity contribution in [3.05, 3.63) is 29.8 Å². The van der Waals surface area contributed by atoms with Gasteiger partial charge >= 0.3 is 0 Å². The average molecular weight is 301 g/mol. The Balaban J connectivity index is 0.00000289. The zero-order chi connectivity index (χ0) is 12.9. The molecular formula is C10H15ClF2N2O2S. The van der Waals surface area contributed by atoms with Crippen LogP contribution in [0.4, 0.5) is 8.78 Å². The molecule has 0 heterocycles. The second-order valence-corrected chi connectivity index (χ2v) is 5.27. The van der Waals surface area contributed by atoms with E-state index < -0.39 is 26.6 Å². The van der Waals surface area contributed by atoms with Gasteiger partial charge in [-0.25, -0.2) is 21.9 Å². The van der Waals surface area contributed by atoms with Gasteiger partial charge in [-0.2, -0.15) is 0 Å². The van der Waals surface area contributed by atoms with Crippen molar-refractivity contribution in [1.82, 2.24) is 4.72 Å². The third-order valence-corrected chi connectivity index (χ3v) is 3.51. The van der Waals surface area contributed by atoms with E-state index in [0.29, 0.717) is 25.5 Å². The number of hydrogen-bond donors (Lipinski definition) is 2. The first-order valence-corrected chi connectivity index (χ1v) is 6.60. The molecule has 4 nitrogen and oxygen atoms in total. The molecule has 0 spiro atoms. The number of halogens is 3. The van der Waals surface area contributed by atoms with E-state index in [1.807, 2.05) is 0 Å². The number of rotatable bonds is 6. The van der Waals surface area contributed by atoms with Crippen molar-refractivity contribution in [2.45, 2.75) is 17.7 Å². The molecule has 3 N–H and O–H groups in total. The van der Waals surface area contributed by atoms with Gasteiger partial charge < -0.3 is 5.73 Å². The molecule has 0 saturated carbocycles. The summed E-state index contributed by atoms with van der Waals surface area (Å²) >= 11 is 0. The maximum absolute atomic E-state index is 12.9. The van der Waals surface area contributed by atoms with Gasteiger partial charge in [0.15, 0.2) is 0 Å². The van der Waals surface area contributed by atoms with Crippen LogP contribution in [0.3, 0.4) is 0 Å². The lowest BCUT2D eigenvalue weighted by Gasteiger charge is -2.06. The van der Waals surface area contributed by atoms with Gasteiger partial charge in [-0.05, 0) is 31.5 Å². The second kappa shape index (κ2) is 7.63. The van der Waals surface area contributed by atoms with Crippen molar-refractivity contribution in [2.24, 2.45) is 5.73 Å². The molecule has 0 aliphatic carbocycles. The first kappa shape index (κ1) is 17.2. The van der Waals surface area contributed by atoms with Crippen LogP contribution in [0, 0.1) is 11.6 Å². The quantitative estimate of drug-likeness (QED) is 0.780. The highest BCUT2D eigenvalue weighted by Gasteiger charge is 2.15. The summed E-state index contributed by atoms with van der Waals surface area (Å²) in [7, 11) is -3.86. The molecule has 18 heavy (non-hydrogen) atoms. The van der Waals surface area contributed by atoms with Crippen molar-refractivity contribution in [1.29, 1.82) is 0 Å². The minimum atomic E-state index is -3.86. The fourth-order valence-corrected chi connectivity index (χ4v) is 2.36. The first-order valence-electron chi connectivity index (χ1n) is 5.11. The van der Waals surface area contributed by atoms with Crippen molar-refractivity contribution in [2.75, 3.05) is 13.1 Å². The monoisotopic (exact) mass is 300 g/mol. The fourth-order valence-electron chi connectivity index (χ4n) is 1.24. The SMILES string of the molecule is Cl.NCCCCNS(=O)(=O)c1cc(F)cc(F)c1. The van der Waals surface area contributed by atoms with E-state index in [1.165, 1.54) is 0 Å². The number of unbranched alkanes of at least 4 members (excludes halogenated alkanes) is 1. The highest BCUT2D eigenvalue weighted by molar-refractivity contribution is 7.89. The lowest BCUT2D eigenvalue weighted by atomic mass is 10.3. The van der Waals surface area contributed by atoms with Gasteiger partial charge in [0.05, 0.1) is 4.90 Å². The lowest BCUT2D eigenvalue weighted by molar-refractivity contribution is 0.559. The van der Waals surface area contributed by atoms with Crippen LogP contribution in [0.2, 0.25) is 0 Å². The molecule has 0 aliphatic heterocycles. The first-order chi connectivity index (χ1) is 7.95. The van der Waals surface area contributed by atoms with E-state index in [1.54, 1.807) is 0 Å². The van der Waals surface area contributed by atoms with Crippen molar-refractivity contribution in [3.63, 3.8) is 0 Å². The molecule has 8 heteroatoms. The van der Waals surface area contributed by atoms with E-state index in [4.69, 9.17) is 5.73 Å². The standard InChI is InChI=1S/C10H14F2N2O2S.ClH/c11-8-5-9(12)7-10(6-8)17(15,16)14-4-2-1-3-13;/h5-7,14H,1-4,13H2;1H. The molecule has 0 aliphatic rings. The Bertz CT molecular complexity index is 463. The molecule has 0 unspecified atom stereocenters. The van der Waals surface area contributed by atoms with Crippen molar-refractivity contribution >= 4 is 22.4 Å². The van der Waals surface area contributed by atoms with Crippen LogP contribution in [0.5, 0.6) is 0 Å². The molecular weight excluding hydrogens is 286 g/mol. The van der Waals surface area contributed by atoms with Gasteiger partial charge in [0.25, 0.3) is 0 Å². The average Bonchev–Trinajstić information content (AvgIpc) is 2.23. The number of sulfonamides is 1. The van der Waals surface area contributed by atoms with E-state index >= 15 is 0 Å². The normalized spacial score (nSPS) is 11.1. The summed E-state index contributed by atoms with van der Waals surface area (Å²) in [6, 6.07) is 2.16. The summed E-state index contributed by atoms with van der Waals surface area (Å²) in [6.07, 6.45) is 1.26. The Kier molecular flexibility index (Phi) is 7.30. The molecule has 1 rings (SSSR count). The van der Waals surface area contributed by atoms with Gasteiger partial charge in [-0.3, -0.25) is 0 Å². The minimum Gasteiger partial charge on any atom is -0.330 e. The van der Waals surface area contributed by atoms with Crippen LogP contribution in [0.15, 0.2) is 23.1 Å². The maximum atomic E-state index is 12.9. The van der Waals surface area contributed by atoms with E-state index in [9.17, 15) is 17.2 Å². The number of benzene rings is 1. The van der Waals surface area contributed by atoms with E-state index in [2.05, 4.69) is 4.72 Å². The Morgan fingerprint density at radius 2 is 1.67 bits per heavy atom. The minimum absolute atomic E-state index is 0. The molecule has 0 amide bonds. The highest BCUT2D eigenvalue weighted by atomic mass is 35.5. The predicted octanol–water partition coefficient (Wildman–Crippen LogP) is 1.40. The molecule has 0 atom stereocenters. The zero-order valence-corrected chi connectivity index (χ0v) is 11.2. The summed E-state index contributed by atoms with van der Waals surface area (Å²) in [4.78, 5) is -0.414. The summed E-state index contributed by atoms with van der Waals surface area (Å²) in [5.74, 6) is -1.85. The van der Waals surface area contributed by atoms with Gasteiger partial charge in [-0.1, -0.05) is 0 Å². The van der Waals surface area contributed by atoms with Gasteiger partial charge in [-0.15, -0.1) is 12.4 Å². The fraction of sp³-hybridized carbons (Fsp3) is 0.400. The number of nitrogens with one attached hydrogen (secondary N) is 1. The molecule has 0 radical (unpaired) electrons. The van der Waals surface area contributed by atoms with Crippen molar-refractivity contribution < 1.29 is 17.2 Å². The van der Waals surface area contributed by atoms with Gasteiger partial charge in [0, 0.05) is 12.6 Å². The Hall–Kier alpha value is -0.760. The van der Waals surface area contributed by atoms with Crippen molar-refractivity contribution in [3.8, 4) is 0 Å². The smallest absolute Gasteiger partial charge is 0.240 e. The van der Waals surface area contributed by atoms with Gasteiger partial charge in [0.1, 0.15) is 11.6 Å². The number of hydrogen-bond acceptors (Lipinski definition) is 3. The van der Waals surface area contributed by atoms with Crippen LogP contribution in [-0.2, 0) is 10.0 Å². The molecule has 0 aromatic heterocycles. The van der Waals surface area contributed by atoms with Gasteiger partial charge in [0.2, 0.25) is 10.0 Å². The largest absolute Gasteiger partial charge is 0.330 e. The Morgan fingerprint density at radius 1 is 1.11 bits per heavy atom. The molecule has 0 saturated heterocycles. The second-order valence-electron chi connectivity index (χ2n) is 3.50. The number of nitrogens with two attached hydrogens (primary N) is 1. The Morgan fingerprint density at radius 3 is 2.17 bits per heavy atom. The predicted molar refractivity (Wildman–Crippen MR) is 67.1 cm³/mol. The Labute approximate surface area is 111 Å². The van der Waals surface area contributed by atoms with Crippen LogP contribution >= 0.6 is 12.4 Å². The third kappa shape index (κ3) is 5.26. The third-order valence-electron chi connectivity index (χ3n) is 2.07.